The van der Waals surface area contributed by atoms with Crippen LogP contribution < -0.4 is 11.1 Å². The van der Waals surface area contributed by atoms with Crippen LogP contribution in [0.25, 0.3) is 0 Å². The van der Waals surface area contributed by atoms with Gasteiger partial charge < -0.3 is 11.1 Å². The van der Waals surface area contributed by atoms with Crippen molar-refractivity contribution in [3.63, 3.8) is 0 Å². The van der Waals surface area contributed by atoms with E-state index in [9.17, 15) is 4.79 Å². The molecule has 2 aromatic rings. The van der Waals surface area contributed by atoms with Gasteiger partial charge in [-0.3, -0.25) is 4.79 Å². The lowest BCUT2D eigenvalue weighted by Gasteiger charge is -2.06. The van der Waals surface area contributed by atoms with E-state index in [1.165, 1.54) is 11.3 Å². The number of hydrogen-bond acceptors (Lipinski definition) is 4. The molecule has 2 rings (SSSR count). The summed E-state index contributed by atoms with van der Waals surface area (Å²) >= 11 is 1.47. The number of nitrogens with one attached hydrogen (secondary N) is 1. The first-order valence-electron chi connectivity index (χ1n) is 6.12. The van der Waals surface area contributed by atoms with E-state index < -0.39 is 0 Å². The molecular weight excluding hydrogens is 294 g/mol. The molecule has 1 heterocycles. The third kappa shape index (κ3) is 4.30. The monoisotopic (exact) mass is 311 g/mol. The van der Waals surface area contributed by atoms with Crippen LogP contribution in [0.3, 0.4) is 0 Å². The van der Waals surface area contributed by atoms with Crippen molar-refractivity contribution in [3.8, 4) is 0 Å². The zero-order valence-electron chi connectivity index (χ0n) is 11.5. The maximum absolute atomic E-state index is 12.1. The Morgan fingerprint density at radius 3 is 2.55 bits per heavy atom. The van der Waals surface area contributed by atoms with Crippen LogP contribution in [-0.2, 0) is 6.42 Å². The fraction of sp³-hybridized carbons (Fsp3) is 0.286. The Morgan fingerprint density at radius 2 is 1.95 bits per heavy atom. The molecule has 0 aliphatic heterocycles. The van der Waals surface area contributed by atoms with Crippen LogP contribution in [0.5, 0.6) is 0 Å². The number of aryl methyl sites for hydroxylation is 2. The number of carbonyl (C=O) groups excluding carboxylic acids is 1. The number of nitrogens with two attached hydrogens (primary N) is 1. The van der Waals surface area contributed by atoms with Crippen molar-refractivity contribution in [2.75, 3.05) is 11.9 Å². The van der Waals surface area contributed by atoms with Crippen LogP contribution in [0.1, 0.15) is 26.6 Å². The number of aromatic nitrogens is 1. The fourth-order valence-corrected chi connectivity index (χ4v) is 2.69. The van der Waals surface area contributed by atoms with Crippen LogP contribution in [0, 0.1) is 13.8 Å². The van der Waals surface area contributed by atoms with Gasteiger partial charge in [0.2, 0.25) is 0 Å². The predicted octanol–water partition coefficient (Wildman–Crippen LogP) is 2.94. The average Bonchev–Trinajstić information content (AvgIpc) is 2.76. The van der Waals surface area contributed by atoms with Crippen LogP contribution in [-0.4, -0.2) is 17.4 Å². The molecule has 0 bridgehead atoms. The Morgan fingerprint density at radius 1 is 1.30 bits per heavy atom. The first kappa shape index (κ1) is 16.6. The highest BCUT2D eigenvalue weighted by Crippen LogP contribution is 2.16. The van der Waals surface area contributed by atoms with Crippen molar-refractivity contribution in [2.24, 2.45) is 5.73 Å². The van der Waals surface area contributed by atoms with Crippen LogP contribution in [0.15, 0.2) is 23.6 Å². The molecule has 0 saturated heterocycles. The summed E-state index contributed by atoms with van der Waals surface area (Å²) in [7, 11) is 0. The SMILES string of the molecule is Cc1cc(C)cc(NC(=O)c2csc(CCN)n2)c1.Cl. The van der Waals surface area contributed by atoms with E-state index in [1.807, 2.05) is 26.0 Å². The largest absolute Gasteiger partial charge is 0.330 e. The van der Waals surface area contributed by atoms with Gasteiger partial charge in [-0.15, -0.1) is 23.7 Å². The maximum Gasteiger partial charge on any atom is 0.275 e. The number of nitrogens with zero attached hydrogens (tertiary/aromatic N) is 1. The van der Waals surface area contributed by atoms with Gasteiger partial charge in [0.1, 0.15) is 5.69 Å². The molecule has 0 saturated carbocycles. The van der Waals surface area contributed by atoms with Gasteiger partial charge in [-0.25, -0.2) is 4.98 Å². The maximum atomic E-state index is 12.1. The summed E-state index contributed by atoms with van der Waals surface area (Å²) in [5.74, 6) is -0.176. The number of thiazole rings is 1. The second-order valence-corrected chi connectivity index (χ2v) is 5.44. The lowest BCUT2D eigenvalue weighted by molar-refractivity contribution is 0.102. The third-order valence-electron chi connectivity index (χ3n) is 2.62. The van der Waals surface area contributed by atoms with E-state index >= 15 is 0 Å². The highest BCUT2D eigenvalue weighted by atomic mass is 35.5. The molecule has 0 unspecified atom stereocenters. The molecular formula is C14H18ClN3OS. The summed E-state index contributed by atoms with van der Waals surface area (Å²) < 4.78 is 0. The predicted molar refractivity (Wildman–Crippen MR) is 86.0 cm³/mol. The Labute approximate surface area is 128 Å². The van der Waals surface area contributed by atoms with Gasteiger partial charge in [0, 0.05) is 17.5 Å². The highest BCUT2D eigenvalue weighted by molar-refractivity contribution is 7.09. The van der Waals surface area contributed by atoms with Crippen molar-refractivity contribution in [2.45, 2.75) is 20.3 Å². The number of hydrogen-bond donors (Lipinski definition) is 2. The minimum absolute atomic E-state index is 0. The molecule has 108 valence electrons. The van der Waals surface area contributed by atoms with Crippen molar-refractivity contribution < 1.29 is 4.79 Å². The number of rotatable bonds is 4. The summed E-state index contributed by atoms with van der Waals surface area (Å²) in [6, 6.07) is 5.95. The van der Waals surface area contributed by atoms with Gasteiger partial charge in [-0.05, 0) is 43.7 Å². The van der Waals surface area contributed by atoms with Crippen LogP contribution in [0.4, 0.5) is 5.69 Å². The average molecular weight is 312 g/mol. The zero-order chi connectivity index (χ0) is 13.8. The van der Waals surface area contributed by atoms with Gasteiger partial charge in [-0.2, -0.15) is 0 Å². The zero-order valence-corrected chi connectivity index (χ0v) is 13.1. The Bertz CT molecular complexity index is 578. The minimum Gasteiger partial charge on any atom is -0.330 e. The lowest BCUT2D eigenvalue weighted by atomic mass is 10.1. The lowest BCUT2D eigenvalue weighted by Crippen LogP contribution is -2.13. The van der Waals surface area contributed by atoms with Gasteiger partial charge in [0.15, 0.2) is 0 Å². The van der Waals surface area contributed by atoms with Gasteiger partial charge in [0.05, 0.1) is 5.01 Å². The summed E-state index contributed by atoms with van der Waals surface area (Å²) in [4.78, 5) is 16.3. The number of benzene rings is 1. The second-order valence-electron chi connectivity index (χ2n) is 4.50. The minimum atomic E-state index is -0.176. The standard InChI is InChI=1S/C14H17N3OS.ClH/c1-9-5-10(2)7-11(6-9)16-14(18)12-8-19-13(17-12)3-4-15;/h5-8H,3-4,15H2,1-2H3,(H,16,18);1H. The van der Waals surface area contributed by atoms with E-state index in [4.69, 9.17) is 5.73 Å². The molecule has 0 spiro atoms. The molecule has 20 heavy (non-hydrogen) atoms. The fourth-order valence-electron chi connectivity index (χ4n) is 1.90. The molecule has 1 amide bonds. The van der Waals surface area contributed by atoms with E-state index in [0.29, 0.717) is 18.7 Å². The van der Waals surface area contributed by atoms with E-state index in [0.717, 1.165) is 21.8 Å². The Kier molecular flexibility index (Phi) is 6.13. The second kappa shape index (κ2) is 7.38. The Hall–Kier alpha value is -1.43. The van der Waals surface area contributed by atoms with Crippen molar-refractivity contribution >= 4 is 35.3 Å². The molecule has 0 radical (unpaired) electrons. The van der Waals surface area contributed by atoms with Crippen LogP contribution in [0.2, 0.25) is 0 Å². The summed E-state index contributed by atoms with van der Waals surface area (Å²) in [5.41, 5.74) is 8.97. The quantitative estimate of drug-likeness (QED) is 0.912. The molecule has 1 aromatic heterocycles. The highest BCUT2D eigenvalue weighted by Gasteiger charge is 2.11. The van der Waals surface area contributed by atoms with E-state index in [2.05, 4.69) is 16.4 Å². The molecule has 4 nitrogen and oxygen atoms in total. The first-order valence-corrected chi connectivity index (χ1v) is 7.00. The van der Waals surface area contributed by atoms with E-state index in [-0.39, 0.29) is 18.3 Å². The third-order valence-corrected chi connectivity index (χ3v) is 3.53. The smallest absolute Gasteiger partial charge is 0.275 e. The summed E-state index contributed by atoms with van der Waals surface area (Å²) in [6.45, 7) is 4.56. The van der Waals surface area contributed by atoms with Crippen molar-refractivity contribution in [3.05, 3.63) is 45.4 Å². The number of amides is 1. The molecule has 1 aromatic carbocycles. The van der Waals surface area contributed by atoms with Crippen molar-refractivity contribution in [1.82, 2.24) is 4.98 Å². The molecule has 0 atom stereocenters. The first-order chi connectivity index (χ1) is 9.08. The summed E-state index contributed by atoms with van der Waals surface area (Å²) in [6.07, 6.45) is 0.710. The Balaban J connectivity index is 0.00000200. The van der Waals surface area contributed by atoms with Gasteiger partial charge in [0.25, 0.3) is 5.91 Å². The van der Waals surface area contributed by atoms with E-state index in [1.54, 1.807) is 5.38 Å². The van der Waals surface area contributed by atoms with Gasteiger partial charge in [-0.1, -0.05) is 6.07 Å². The van der Waals surface area contributed by atoms with Crippen molar-refractivity contribution in [1.29, 1.82) is 0 Å². The number of anilines is 1. The molecule has 0 aliphatic carbocycles. The molecule has 6 heteroatoms. The number of halogens is 1. The summed E-state index contributed by atoms with van der Waals surface area (Å²) in [5, 5.41) is 5.53. The topological polar surface area (TPSA) is 68.0 Å². The number of carbonyl (C=O) groups is 1. The molecule has 0 aliphatic rings. The normalized spacial score (nSPS) is 9.95. The van der Waals surface area contributed by atoms with Gasteiger partial charge >= 0.3 is 0 Å². The molecule has 0 fully saturated rings. The van der Waals surface area contributed by atoms with Crippen LogP contribution >= 0.6 is 23.7 Å². The molecule has 3 N–H and O–H groups in total.